The van der Waals surface area contributed by atoms with Gasteiger partial charge in [-0.2, -0.15) is 5.10 Å². The number of aromatic carboxylic acids is 1. The fourth-order valence-electron chi connectivity index (χ4n) is 1.57. The molecule has 0 atom stereocenters. The summed E-state index contributed by atoms with van der Waals surface area (Å²) in [5.74, 6) is -0.939. The van der Waals surface area contributed by atoms with Crippen molar-refractivity contribution in [1.29, 1.82) is 0 Å². The lowest BCUT2D eigenvalue weighted by Gasteiger charge is -2.04. The highest BCUT2D eigenvalue weighted by Crippen LogP contribution is 2.04. The van der Waals surface area contributed by atoms with Gasteiger partial charge in [0.25, 0.3) is 0 Å². The molecule has 4 nitrogen and oxygen atoms in total. The summed E-state index contributed by atoms with van der Waals surface area (Å²) in [6, 6.07) is 11.4. The van der Waals surface area contributed by atoms with Gasteiger partial charge < -0.3 is 5.11 Å². The van der Waals surface area contributed by atoms with E-state index in [-0.39, 0.29) is 5.69 Å². The third kappa shape index (κ3) is 2.28. The van der Waals surface area contributed by atoms with E-state index in [0.717, 1.165) is 6.42 Å². The largest absolute Gasteiger partial charge is 0.477 e. The second-order valence-corrected chi connectivity index (χ2v) is 3.48. The Bertz CT molecular complexity index is 477. The molecule has 1 aromatic heterocycles. The average molecular weight is 216 g/mol. The molecule has 82 valence electrons. The molecule has 0 aliphatic rings. The third-order valence-electron chi connectivity index (χ3n) is 2.39. The number of aryl methyl sites for hydroxylation is 2. The first kappa shape index (κ1) is 10.4. The summed E-state index contributed by atoms with van der Waals surface area (Å²) in [5, 5.41) is 12.9. The highest BCUT2D eigenvalue weighted by atomic mass is 16.4. The predicted octanol–water partition coefficient (Wildman–Crippen LogP) is 1.82. The van der Waals surface area contributed by atoms with Crippen LogP contribution < -0.4 is 0 Å². The van der Waals surface area contributed by atoms with Crippen LogP contribution in [0.15, 0.2) is 42.6 Å². The van der Waals surface area contributed by atoms with Crippen molar-refractivity contribution in [2.24, 2.45) is 0 Å². The number of aromatic nitrogens is 2. The van der Waals surface area contributed by atoms with Crippen LogP contribution >= 0.6 is 0 Å². The molecule has 0 radical (unpaired) electrons. The number of hydrogen-bond donors (Lipinski definition) is 1. The van der Waals surface area contributed by atoms with E-state index in [1.54, 1.807) is 0 Å². The number of nitrogens with zero attached hydrogens (tertiary/aromatic N) is 2. The lowest BCUT2D eigenvalue weighted by Crippen LogP contribution is -2.11. The van der Waals surface area contributed by atoms with E-state index in [4.69, 9.17) is 5.11 Å². The molecule has 2 rings (SSSR count). The van der Waals surface area contributed by atoms with Crippen molar-refractivity contribution in [3.8, 4) is 0 Å². The monoisotopic (exact) mass is 216 g/mol. The molecule has 1 N–H and O–H groups in total. The molecule has 1 heterocycles. The normalized spacial score (nSPS) is 10.2. The van der Waals surface area contributed by atoms with Crippen molar-refractivity contribution < 1.29 is 9.90 Å². The van der Waals surface area contributed by atoms with Crippen LogP contribution in [0, 0.1) is 0 Å². The summed E-state index contributed by atoms with van der Waals surface area (Å²) in [5.41, 5.74) is 1.41. The van der Waals surface area contributed by atoms with Crippen molar-refractivity contribution in [3.05, 3.63) is 53.9 Å². The summed E-state index contributed by atoms with van der Waals surface area (Å²) in [4.78, 5) is 10.8. The number of carboxylic acids is 1. The van der Waals surface area contributed by atoms with Gasteiger partial charge in [0.05, 0.1) is 0 Å². The fourth-order valence-corrected chi connectivity index (χ4v) is 1.57. The van der Waals surface area contributed by atoms with E-state index in [2.05, 4.69) is 5.10 Å². The number of carboxylic acid groups (broad SMARTS) is 1. The topological polar surface area (TPSA) is 55.1 Å². The van der Waals surface area contributed by atoms with Gasteiger partial charge in [0.1, 0.15) is 5.69 Å². The SMILES string of the molecule is O=C(O)c1ccnn1CCc1ccccc1. The van der Waals surface area contributed by atoms with Crippen LogP contribution in [0.2, 0.25) is 0 Å². The summed E-state index contributed by atoms with van der Waals surface area (Å²) in [6.07, 6.45) is 2.29. The Balaban J connectivity index is 2.05. The van der Waals surface area contributed by atoms with Crippen LogP contribution in [0.4, 0.5) is 0 Å². The second kappa shape index (κ2) is 4.61. The zero-order valence-corrected chi connectivity index (χ0v) is 8.71. The molecular formula is C12H12N2O2. The Labute approximate surface area is 93.1 Å². The maximum atomic E-state index is 10.8. The van der Waals surface area contributed by atoms with Crippen LogP contribution in [0.5, 0.6) is 0 Å². The molecule has 2 aromatic rings. The van der Waals surface area contributed by atoms with E-state index in [1.807, 2.05) is 30.3 Å². The Hall–Kier alpha value is -2.10. The zero-order valence-electron chi connectivity index (χ0n) is 8.71. The molecular weight excluding hydrogens is 204 g/mol. The maximum absolute atomic E-state index is 10.8. The second-order valence-electron chi connectivity index (χ2n) is 3.48. The van der Waals surface area contributed by atoms with Crippen molar-refractivity contribution >= 4 is 5.97 Å². The molecule has 4 heteroatoms. The van der Waals surface area contributed by atoms with Gasteiger partial charge in [0, 0.05) is 12.7 Å². The van der Waals surface area contributed by atoms with Gasteiger partial charge in [0.15, 0.2) is 0 Å². The first-order valence-corrected chi connectivity index (χ1v) is 5.06. The Kier molecular flexibility index (Phi) is 3.00. The molecule has 0 unspecified atom stereocenters. The first-order chi connectivity index (χ1) is 7.77. The Morgan fingerprint density at radius 2 is 2.00 bits per heavy atom. The van der Waals surface area contributed by atoms with Crippen molar-refractivity contribution in [3.63, 3.8) is 0 Å². The van der Waals surface area contributed by atoms with E-state index < -0.39 is 5.97 Å². The highest BCUT2D eigenvalue weighted by molar-refractivity contribution is 5.85. The van der Waals surface area contributed by atoms with Gasteiger partial charge in [0.2, 0.25) is 0 Å². The first-order valence-electron chi connectivity index (χ1n) is 5.06. The van der Waals surface area contributed by atoms with Crippen LogP contribution in [0.1, 0.15) is 16.1 Å². The minimum Gasteiger partial charge on any atom is -0.477 e. The highest BCUT2D eigenvalue weighted by Gasteiger charge is 2.09. The molecule has 0 saturated heterocycles. The predicted molar refractivity (Wildman–Crippen MR) is 59.3 cm³/mol. The van der Waals surface area contributed by atoms with Gasteiger partial charge in [-0.15, -0.1) is 0 Å². The standard InChI is InChI=1S/C12H12N2O2/c15-12(16)11-6-8-13-14(11)9-7-10-4-2-1-3-5-10/h1-6,8H,7,9H2,(H,15,16). The molecule has 0 aliphatic heterocycles. The van der Waals surface area contributed by atoms with Gasteiger partial charge in [-0.05, 0) is 18.1 Å². The van der Waals surface area contributed by atoms with Crippen molar-refractivity contribution in [2.45, 2.75) is 13.0 Å². The van der Waals surface area contributed by atoms with Crippen LogP contribution in [-0.4, -0.2) is 20.9 Å². The molecule has 16 heavy (non-hydrogen) atoms. The summed E-state index contributed by atoms with van der Waals surface area (Å²) < 4.78 is 1.51. The summed E-state index contributed by atoms with van der Waals surface area (Å²) in [7, 11) is 0. The number of hydrogen-bond acceptors (Lipinski definition) is 2. The minimum absolute atomic E-state index is 0.232. The Morgan fingerprint density at radius 3 is 2.69 bits per heavy atom. The molecule has 0 amide bonds. The van der Waals surface area contributed by atoms with E-state index in [9.17, 15) is 4.79 Å². The zero-order chi connectivity index (χ0) is 11.4. The third-order valence-corrected chi connectivity index (χ3v) is 2.39. The van der Waals surface area contributed by atoms with Gasteiger partial charge in [-0.3, -0.25) is 4.68 Å². The van der Waals surface area contributed by atoms with Gasteiger partial charge in [-0.1, -0.05) is 30.3 Å². The molecule has 0 aliphatic carbocycles. The van der Waals surface area contributed by atoms with E-state index in [0.29, 0.717) is 6.54 Å². The maximum Gasteiger partial charge on any atom is 0.354 e. The van der Waals surface area contributed by atoms with E-state index in [1.165, 1.54) is 22.5 Å². The lowest BCUT2D eigenvalue weighted by molar-refractivity contribution is 0.0683. The van der Waals surface area contributed by atoms with Gasteiger partial charge in [-0.25, -0.2) is 4.79 Å². The van der Waals surface area contributed by atoms with Crippen molar-refractivity contribution in [2.75, 3.05) is 0 Å². The van der Waals surface area contributed by atoms with Gasteiger partial charge >= 0.3 is 5.97 Å². The molecule has 0 spiro atoms. The van der Waals surface area contributed by atoms with Crippen LogP contribution in [0.25, 0.3) is 0 Å². The quantitative estimate of drug-likeness (QED) is 0.848. The van der Waals surface area contributed by atoms with Crippen molar-refractivity contribution in [1.82, 2.24) is 9.78 Å². The summed E-state index contributed by atoms with van der Waals surface area (Å²) >= 11 is 0. The average Bonchev–Trinajstić information content (AvgIpc) is 2.76. The fraction of sp³-hybridized carbons (Fsp3) is 0.167. The molecule has 0 fully saturated rings. The number of benzene rings is 1. The van der Waals surface area contributed by atoms with E-state index >= 15 is 0 Å². The number of carbonyl (C=O) groups is 1. The molecule has 1 aromatic carbocycles. The molecule has 0 bridgehead atoms. The number of rotatable bonds is 4. The van der Waals surface area contributed by atoms with Crippen LogP contribution in [-0.2, 0) is 13.0 Å². The Morgan fingerprint density at radius 1 is 1.25 bits per heavy atom. The van der Waals surface area contributed by atoms with Crippen LogP contribution in [0.3, 0.4) is 0 Å². The summed E-state index contributed by atoms with van der Waals surface area (Å²) in [6.45, 7) is 0.582. The molecule has 0 saturated carbocycles. The lowest BCUT2D eigenvalue weighted by atomic mass is 10.1. The smallest absolute Gasteiger partial charge is 0.354 e. The minimum atomic E-state index is -0.939.